The summed E-state index contributed by atoms with van der Waals surface area (Å²) in [5, 5.41) is 0. The van der Waals surface area contributed by atoms with Gasteiger partial charge in [0.2, 0.25) is 0 Å². The molecule has 0 saturated heterocycles. The maximum Gasteiger partial charge on any atom is 0.172 e. The van der Waals surface area contributed by atoms with Gasteiger partial charge in [0.15, 0.2) is 11.6 Å². The molecule has 0 amide bonds. The number of rotatable bonds is 4. The highest BCUT2D eigenvalue weighted by Gasteiger charge is 2.13. The smallest absolute Gasteiger partial charge is 0.172 e. The van der Waals surface area contributed by atoms with Crippen LogP contribution in [0.2, 0.25) is 0 Å². The minimum absolute atomic E-state index is 0.478. The minimum atomic E-state index is 0.478. The molecular weight excluding hydrogens is 260 g/mol. The number of aromatic nitrogens is 2. The maximum atomic E-state index is 6.10. The van der Waals surface area contributed by atoms with Gasteiger partial charge in [0, 0.05) is 13.1 Å². The third kappa shape index (κ3) is 2.79. The van der Waals surface area contributed by atoms with Crippen LogP contribution in [0.4, 0.5) is 11.6 Å². The number of fused-ring (bicyclic) bond motifs is 1. The molecular formula is C17H18N4. The lowest BCUT2D eigenvalue weighted by Crippen LogP contribution is -2.24. The molecule has 0 unspecified atom stereocenters. The third-order valence-electron chi connectivity index (χ3n) is 3.48. The van der Waals surface area contributed by atoms with Crippen molar-refractivity contribution in [2.45, 2.75) is 13.5 Å². The Kier molecular flexibility index (Phi) is 3.69. The predicted octanol–water partition coefficient (Wildman–Crippen LogP) is 3.24. The second-order valence-corrected chi connectivity index (χ2v) is 4.92. The molecule has 0 radical (unpaired) electrons. The van der Waals surface area contributed by atoms with Gasteiger partial charge in [-0.2, -0.15) is 0 Å². The molecule has 2 N–H and O–H groups in total. The van der Waals surface area contributed by atoms with Gasteiger partial charge >= 0.3 is 0 Å². The van der Waals surface area contributed by atoms with Crippen molar-refractivity contribution < 1.29 is 0 Å². The topological polar surface area (TPSA) is 55.0 Å². The molecule has 0 aliphatic heterocycles. The van der Waals surface area contributed by atoms with Crippen LogP contribution in [0.15, 0.2) is 54.6 Å². The maximum absolute atomic E-state index is 6.10. The summed E-state index contributed by atoms with van der Waals surface area (Å²) in [5.41, 5.74) is 9.03. The standard InChI is InChI=1S/C17H18N4/c1-2-21(12-13-8-4-3-5-9-13)17-16(18)19-14-10-6-7-11-15(14)20-17/h3-11H,2,12H2,1H3,(H2,18,19). The first-order valence-corrected chi connectivity index (χ1v) is 7.09. The van der Waals surface area contributed by atoms with E-state index in [4.69, 9.17) is 5.73 Å². The van der Waals surface area contributed by atoms with Crippen molar-refractivity contribution in [1.82, 2.24) is 9.97 Å². The average molecular weight is 278 g/mol. The number of hydrogen-bond acceptors (Lipinski definition) is 4. The van der Waals surface area contributed by atoms with Gasteiger partial charge in [0.1, 0.15) is 0 Å². The molecule has 0 aliphatic rings. The van der Waals surface area contributed by atoms with Gasteiger partial charge in [-0.1, -0.05) is 42.5 Å². The van der Waals surface area contributed by atoms with E-state index in [1.807, 2.05) is 42.5 Å². The number of nitrogens with zero attached hydrogens (tertiary/aromatic N) is 3. The lowest BCUT2D eigenvalue weighted by Gasteiger charge is -2.23. The van der Waals surface area contributed by atoms with Crippen LogP contribution in [0.5, 0.6) is 0 Å². The van der Waals surface area contributed by atoms with Crippen LogP contribution in [-0.2, 0) is 6.54 Å². The highest BCUT2D eigenvalue weighted by Crippen LogP contribution is 2.23. The molecule has 0 saturated carbocycles. The van der Waals surface area contributed by atoms with Crippen molar-refractivity contribution in [3.63, 3.8) is 0 Å². The molecule has 2 aromatic carbocycles. The molecule has 4 heteroatoms. The van der Waals surface area contributed by atoms with E-state index >= 15 is 0 Å². The number of benzene rings is 2. The zero-order valence-electron chi connectivity index (χ0n) is 12.0. The SMILES string of the molecule is CCN(Cc1ccccc1)c1nc2ccccc2nc1N. The largest absolute Gasteiger partial charge is 0.381 e. The zero-order valence-corrected chi connectivity index (χ0v) is 12.0. The first-order valence-electron chi connectivity index (χ1n) is 7.09. The van der Waals surface area contributed by atoms with Crippen molar-refractivity contribution >= 4 is 22.7 Å². The van der Waals surface area contributed by atoms with Crippen LogP contribution < -0.4 is 10.6 Å². The number of anilines is 2. The fraction of sp³-hybridized carbons (Fsp3) is 0.176. The minimum Gasteiger partial charge on any atom is -0.381 e. The van der Waals surface area contributed by atoms with Crippen LogP contribution in [0.3, 0.4) is 0 Å². The zero-order chi connectivity index (χ0) is 14.7. The highest BCUT2D eigenvalue weighted by molar-refractivity contribution is 5.79. The van der Waals surface area contributed by atoms with Crippen molar-refractivity contribution in [2.24, 2.45) is 0 Å². The van der Waals surface area contributed by atoms with E-state index < -0.39 is 0 Å². The number of nitrogen functional groups attached to an aromatic ring is 1. The molecule has 3 rings (SSSR count). The Morgan fingerprint density at radius 3 is 2.19 bits per heavy atom. The molecule has 0 aliphatic carbocycles. The summed E-state index contributed by atoms with van der Waals surface area (Å²) >= 11 is 0. The van der Waals surface area contributed by atoms with E-state index in [0.717, 1.165) is 29.9 Å². The molecule has 21 heavy (non-hydrogen) atoms. The van der Waals surface area contributed by atoms with Gasteiger partial charge in [-0.3, -0.25) is 0 Å². The molecule has 0 atom stereocenters. The summed E-state index contributed by atoms with van der Waals surface area (Å²) in [7, 11) is 0. The Morgan fingerprint density at radius 2 is 1.52 bits per heavy atom. The van der Waals surface area contributed by atoms with Gasteiger partial charge in [-0.05, 0) is 24.6 Å². The number of para-hydroxylation sites is 2. The van der Waals surface area contributed by atoms with E-state index in [1.54, 1.807) is 0 Å². The summed E-state index contributed by atoms with van der Waals surface area (Å²) < 4.78 is 0. The Hall–Kier alpha value is -2.62. The molecule has 1 heterocycles. The first-order chi connectivity index (χ1) is 10.3. The van der Waals surface area contributed by atoms with Crippen LogP contribution in [0.25, 0.3) is 11.0 Å². The van der Waals surface area contributed by atoms with E-state index in [2.05, 4.69) is 33.9 Å². The van der Waals surface area contributed by atoms with Gasteiger partial charge in [-0.25, -0.2) is 9.97 Å². The fourth-order valence-corrected chi connectivity index (χ4v) is 2.38. The van der Waals surface area contributed by atoms with E-state index in [0.29, 0.717) is 5.82 Å². The van der Waals surface area contributed by atoms with E-state index in [9.17, 15) is 0 Å². The second kappa shape index (κ2) is 5.79. The monoisotopic (exact) mass is 278 g/mol. The normalized spacial score (nSPS) is 10.7. The summed E-state index contributed by atoms with van der Waals surface area (Å²) in [6.45, 7) is 3.69. The summed E-state index contributed by atoms with van der Waals surface area (Å²) in [4.78, 5) is 11.3. The lowest BCUT2D eigenvalue weighted by atomic mass is 10.2. The van der Waals surface area contributed by atoms with Gasteiger partial charge in [-0.15, -0.1) is 0 Å². The Balaban J connectivity index is 1.98. The van der Waals surface area contributed by atoms with Gasteiger partial charge in [0.05, 0.1) is 11.0 Å². The second-order valence-electron chi connectivity index (χ2n) is 4.92. The van der Waals surface area contributed by atoms with Crippen LogP contribution in [0, 0.1) is 0 Å². The van der Waals surface area contributed by atoms with Crippen molar-refractivity contribution in [3.05, 3.63) is 60.2 Å². The number of hydrogen-bond donors (Lipinski definition) is 1. The molecule has 1 aromatic heterocycles. The Bertz CT molecular complexity index is 740. The molecule has 0 fully saturated rings. The molecule has 0 bridgehead atoms. The first kappa shape index (κ1) is 13.4. The quantitative estimate of drug-likeness (QED) is 0.796. The number of nitrogens with two attached hydrogens (primary N) is 1. The van der Waals surface area contributed by atoms with Crippen molar-refractivity contribution in [1.29, 1.82) is 0 Å². The van der Waals surface area contributed by atoms with Crippen molar-refractivity contribution in [2.75, 3.05) is 17.2 Å². The Morgan fingerprint density at radius 1 is 0.905 bits per heavy atom. The van der Waals surface area contributed by atoms with Crippen molar-refractivity contribution in [3.8, 4) is 0 Å². The highest BCUT2D eigenvalue weighted by atomic mass is 15.2. The van der Waals surface area contributed by atoms with E-state index in [1.165, 1.54) is 5.56 Å². The van der Waals surface area contributed by atoms with Gasteiger partial charge < -0.3 is 10.6 Å². The molecule has 106 valence electrons. The van der Waals surface area contributed by atoms with Gasteiger partial charge in [0.25, 0.3) is 0 Å². The summed E-state index contributed by atoms with van der Waals surface area (Å²) in [5.74, 6) is 1.23. The fourth-order valence-electron chi connectivity index (χ4n) is 2.38. The molecule has 4 nitrogen and oxygen atoms in total. The van der Waals surface area contributed by atoms with Crippen LogP contribution >= 0.6 is 0 Å². The van der Waals surface area contributed by atoms with Crippen LogP contribution in [-0.4, -0.2) is 16.5 Å². The lowest BCUT2D eigenvalue weighted by molar-refractivity contribution is 0.816. The summed E-state index contributed by atoms with van der Waals surface area (Å²) in [6.07, 6.45) is 0. The van der Waals surface area contributed by atoms with Crippen LogP contribution in [0.1, 0.15) is 12.5 Å². The molecule has 3 aromatic rings. The average Bonchev–Trinajstić information content (AvgIpc) is 2.53. The third-order valence-corrected chi connectivity index (χ3v) is 3.48. The predicted molar refractivity (Wildman–Crippen MR) is 87.1 cm³/mol. The summed E-state index contributed by atoms with van der Waals surface area (Å²) in [6, 6.07) is 18.1. The van der Waals surface area contributed by atoms with E-state index in [-0.39, 0.29) is 0 Å². The Labute approximate surface area is 124 Å². The molecule has 0 spiro atoms.